The van der Waals surface area contributed by atoms with Crippen LogP contribution in [0.2, 0.25) is 0 Å². The zero-order chi connectivity index (χ0) is 24.2. The number of ether oxygens (including phenoxy) is 2. The number of amides is 3. The molecule has 2 atom stereocenters. The van der Waals surface area contributed by atoms with Crippen LogP contribution >= 0.6 is 0 Å². The van der Waals surface area contributed by atoms with Crippen LogP contribution in [-0.2, 0) is 16.0 Å². The molecular weight excluding hydrogens is 438 g/mol. The summed E-state index contributed by atoms with van der Waals surface area (Å²) in [5.74, 6) is -0.285. The third-order valence-corrected chi connectivity index (χ3v) is 5.95. The highest BCUT2D eigenvalue weighted by Gasteiger charge is 2.30. The number of benzene rings is 2. The van der Waals surface area contributed by atoms with E-state index in [0.717, 1.165) is 17.7 Å². The number of carboxylic acid groups (broad SMARTS) is 1. The Morgan fingerprint density at radius 3 is 2.59 bits per heavy atom. The maximum absolute atomic E-state index is 13.3. The monoisotopic (exact) mass is 467 g/mol. The summed E-state index contributed by atoms with van der Waals surface area (Å²) in [6.45, 7) is 4.56. The molecule has 0 bridgehead atoms. The van der Waals surface area contributed by atoms with Gasteiger partial charge in [-0.05, 0) is 48.1 Å². The molecule has 0 saturated carbocycles. The lowest BCUT2D eigenvalue weighted by Gasteiger charge is -2.26. The molecule has 180 valence electrons. The molecule has 2 aliphatic rings. The van der Waals surface area contributed by atoms with Crippen LogP contribution in [-0.4, -0.2) is 42.4 Å². The SMILES string of the molecule is CC(C)C[C@H](NC(=O)N1CCc2ccccc21)C(=O)NC(CC(=O)O)c1ccc2c(c1)OCO2. The smallest absolute Gasteiger partial charge is 0.322 e. The predicted octanol–water partition coefficient (Wildman–Crippen LogP) is 3.23. The Kier molecular flexibility index (Phi) is 6.90. The number of nitrogens with zero attached hydrogens (tertiary/aromatic N) is 1. The summed E-state index contributed by atoms with van der Waals surface area (Å²) in [4.78, 5) is 39.5. The van der Waals surface area contributed by atoms with Crippen LogP contribution in [0.1, 0.15) is 43.9 Å². The van der Waals surface area contributed by atoms with Crippen molar-refractivity contribution in [3.05, 3.63) is 53.6 Å². The van der Waals surface area contributed by atoms with Gasteiger partial charge in [0.15, 0.2) is 11.5 Å². The molecule has 0 aliphatic carbocycles. The van der Waals surface area contributed by atoms with Crippen LogP contribution in [0.5, 0.6) is 11.5 Å². The number of hydrogen-bond donors (Lipinski definition) is 3. The van der Waals surface area contributed by atoms with Crippen LogP contribution in [0.15, 0.2) is 42.5 Å². The lowest BCUT2D eigenvalue weighted by Crippen LogP contribution is -2.52. The number of nitrogens with one attached hydrogen (secondary N) is 2. The van der Waals surface area contributed by atoms with Crippen molar-refractivity contribution < 1.29 is 29.0 Å². The molecule has 3 N–H and O–H groups in total. The molecule has 2 heterocycles. The Morgan fingerprint density at radius 1 is 1.06 bits per heavy atom. The van der Waals surface area contributed by atoms with Crippen LogP contribution in [0.3, 0.4) is 0 Å². The minimum Gasteiger partial charge on any atom is -0.481 e. The number of hydrogen-bond acceptors (Lipinski definition) is 5. The Labute approximate surface area is 198 Å². The first-order valence-electron chi connectivity index (χ1n) is 11.4. The number of rotatable bonds is 8. The summed E-state index contributed by atoms with van der Waals surface area (Å²) in [5, 5.41) is 15.1. The normalized spacial score (nSPS) is 15.6. The van der Waals surface area contributed by atoms with E-state index in [4.69, 9.17) is 9.47 Å². The van der Waals surface area contributed by atoms with E-state index in [1.54, 1.807) is 23.1 Å². The van der Waals surface area contributed by atoms with Crippen LogP contribution in [0.25, 0.3) is 0 Å². The average molecular weight is 468 g/mol. The maximum atomic E-state index is 13.3. The van der Waals surface area contributed by atoms with E-state index >= 15 is 0 Å². The fourth-order valence-corrected chi connectivity index (χ4v) is 4.31. The van der Waals surface area contributed by atoms with E-state index in [1.165, 1.54) is 0 Å². The van der Waals surface area contributed by atoms with E-state index in [2.05, 4.69) is 10.6 Å². The molecule has 2 aromatic carbocycles. The first-order valence-corrected chi connectivity index (χ1v) is 11.4. The molecule has 9 heteroatoms. The fraction of sp³-hybridized carbons (Fsp3) is 0.400. The molecule has 1 unspecified atom stereocenters. The summed E-state index contributed by atoms with van der Waals surface area (Å²) in [6.07, 6.45) is 0.858. The zero-order valence-electron chi connectivity index (χ0n) is 19.2. The highest BCUT2D eigenvalue weighted by Crippen LogP contribution is 2.35. The summed E-state index contributed by atoms with van der Waals surface area (Å²) in [7, 11) is 0. The summed E-state index contributed by atoms with van der Waals surface area (Å²) in [6, 6.07) is 10.8. The van der Waals surface area contributed by atoms with Crippen LogP contribution in [0, 0.1) is 5.92 Å². The van der Waals surface area contributed by atoms with Crippen molar-refractivity contribution in [3.8, 4) is 11.5 Å². The second kappa shape index (κ2) is 10.0. The molecule has 3 amide bonds. The van der Waals surface area contributed by atoms with E-state index in [-0.39, 0.29) is 25.2 Å². The van der Waals surface area contributed by atoms with Gasteiger partial charge in [0.05, 0.1) is 12.5 Å². The van der Waals surface area contributed by atoms with Gasteiger partial charge in [-0.15, -0.1) is 0 Å². The molecule has 9 nitrogen and oxygen atoms in total. The highest BCUT2D eigenvalue weighted by atomic mass is 16.7. The largest absolute Gasteiger partial charge is 0.481 e. The quantitative estimate of drug-likeness (QED) is 0.549. The second-order valence-corrected chi connectivity index (χ2v) is 8.93. The second-order valence-electron chi connectivity index (χ2n) is 8.93. The molecule has 0 fully saturated rings. The molecular formula is C25H29N3O6. The Balaban J connectivity index is 1.50. The number of anilines is 1. The van der Waals surface area contributed by atoms with Crippen molar-refractivity contribution in [1.82, 2.24) is 10.6 Å². The van der Waals surface area contributed by atoms with Crippen molar-refractivity contribution in [2.24, 2.45) is 5.92 Å². The number of fused-ring (bicyclic) bond motifs is 2. The topological polar surface area (TPSA) is 117 Å². The molecule has 0 aromatic heterocycles. The van der Waals surface area contributed by atoms with E-state index in [1.807, 2.05) is 38.1 Å². The van der Waals surface area contributed by atoms with Gasteiger partial charge in [-0.2, -0.15) is 0 Å². The van der Waals surface area contributed by atoms with Gasteiger partial charge in [0, 0.05) is 12.2 Å². The predicted molar refractivity (Wildman–Crippen MR) is 125 cm³/mol. The van der Waals surface area contributed by atoms with Gasteiger partial charge in [0.1, 0.15) is 6.04 Å². The van der Waals surface area contributed by atoms with Crippen LogP contribution in [0.4, 0.5) is 10.5 Å². The maximum Gasteiger partial charge on any atom is 0.322 e. The number of urea groups is 1. The summed E-state index contributed by atoms with van der Waals surface area (Å²) >= 11 is 0. The van der Waals surface area contributed by atoms with E-state index in [9.17, 15) is 19.5 Å². The lowest BCUT2D eigenvalue weighted by molar-refractivity contribution is -0.137. The lowest BCUT2D eigenvalue weighted by atomic mass is 10.00. The van der Waals surface area contributed by atoms with Gasteiger partial charge in [-0.3, -0.25) is 14.5 Å². The van der Waals surface area contributed by atoms with Gasteiger partial charge < -0.3 is 25.2 Å². The van der Waals surface area contributed by atoms with Crippen molar-refractivity contribution in [2.45, 2.75) is 45.2 Å². The van der Waals surface area contributed by atoms with E-state index in [0.29, 0.717) is 30.0 Å². The molecule has 2 aliphatic heterocycles. The first-order chi connectivity index (χ1) is 16.3. The number of carbonyl (C=O) groups excluding carboxylic acids is 2. The molecule has 0 radical (unpaired) electrons. The van der Waals surface area contributed by atoms with Crippen molar-refractivity contribution in [1.29, 1.82) is 0 Å². The number of para-hydroxylation sites is 1. The van der Waals surface area contributed by atoms with Crippen molar-refractivity contribution >= 4 is 23.6 Å². The molecule has 2 aromatic rings. The third kappa shape index (κ3) is 5.24. The molecule has 0 spiro atoms. The number of carboxylic acids is 1. The van der Waals surface area contributed by atoms with Gasteiger partial charge >= 0.3 is 12.0 Å². The fourth-order valence-electron chi connectivity index (χ4n) is 4.31. The Bertz CT molecular complexity index is 1090. The number of aliphatic carboxylic acids is 1. The zero-order valence-corrected chi connectivity index (χ0v) is 19.2. The van der Waals surface area contributed by atoms with E-state index < -0.39 is 24.0 Å². The summed E-state index contributed by atoms with van der Waals surface area (Å²) in [5.41, 5.74) is 2.52. The molecule has 34 heavy (non-hydrogen) atoms. The van der Waals surface area contributed by atoms with Crippen molar-refractivity contribution in [3.63, 3.8) is 0 Å². The third-order valence-electron chi connectivity index (χ3n) is 5.95. The first kappa shape index (κ1) is 23.4. The average Bonchev–Trinajstić information content (AvgIpc) is 3.44. The summed E-state index contributed by atoms with van der Waals surface area (Å²) < 4.78 is 10.7. The Hall–Kier alpha value is -3.75. The molecule has 0 saturated heterocycles. The standard InChI is InChI=1S/C25H29N3O6/c1-15(2)11-19(27-25(32)28-10-9-16-5-3-4-6-20(16)28)24(31)26-18(13-23(29)30)17-7-8-21-22(12-17)34-14-33-21/h3-8,12,15,18-19H,9-11,13-14H2,1-2H3,(H,26,31)(H,27,32)(H,29,30)/t18?,19-/m0/s1. The minimum atomic E-state index is -1.05. The van der Waals surface area contributed by atoms with Gasteiger partial charge in [-0.25, -0.2) is 4.79 Å². The number of carbonyl (C=O) groups is 3. The van der Waals surface area contributed by atoms with Gasteiger partial charge in [0.25, 0.3) is 0 Å². The van der Waals surface area contributed by atoms with Crippen molar-refractivity contribution in [2.75, 3.05) is 18.2 Å². The molecule has 4 rings (SSSR count). The van der Waals surface area contributed by atoms with Gasteiger partial charge in [0.2, 0.25) is 12.7 Å². The Morgan fingerprint density at radius 2 is 1.82 bits per heavy atom. The van der Waals surface area contributed by atoms with Crippen LogP contribution < -0.4 is 25.0 Å². The van der Waals surface area contributed by atoms with Gasteiger partial charge in [-0.1, -0.05) is 38.1 Å². The minimum absolute atomic E-state index is 0.0941. The highest BCUT2D eigenvalue weighted by molar-refractivity contribution is 5.97.